The number of rotatable bonds is 6. The molecule has 4 atom stereocenters. The summed E-state index contributed by atoms with van der Waals surface area (Å²) in [5.41, 5.74) is 9.26. The van der Waals surface area contributed by atoms with E-state index in [1.165, 1.54) is 12.1 Å². The minimum atomic E-state index is -0.268. The summed E-state index contributed by atoms with van der Waals surface area (Å²) >= 11 is 0. The van der Waals surface area contributed by atoms with Gasteiger partial charge in [-0.3, -0.25) is 14.4 Å². The normalized spacial score (nSPS) is 24.4. The fourth-order valence-electron chi connectivity index (χ4n) is 4.98. The number of carbonyl (C=O) groups is 1. The van der Waals surface area contributed by atoms with Crippen LogP contribution in [-0.2, 0) is 17.9 Å². The van der Waals surface area contributed by atoms with Crippen LogP contribution in [0.5, 0.6) is 0 Å². The lowest BCUT2D eigenvalue weighted by atomic mass is 9.75. The number of piperidine rings is 3. The monoisotopic (exact) mass is 434 g/mol. The van der Waals surface area contributed by atoms with Crippen molar-refractivity contribution in [1.29, 1.82) is 0 Å². The third kappa shape index (κ3) is 4.36. The van der Waals surface area contributed by atoms with E-state index in [1.807, 2.05) is 35.1 Å². The average molecular weight is 435 g/mol. The van der Waals surface area contributed by atoms with E-state index in [4.69, 9.17) is 5.73 Å². The molecule has 3 fully saturated rings. The smallest absolute Gasteiger partial charge is 0.224 e. The second-order valence-electron chi connectivity index (χ2n) is 8.84. The summed E-state index contributed by atoms with van der Waals surface area (Å²) in [7, 11) is 0. The summed E-state index contributed by atoms with van der Waals surface area (Å²) in [6.45, 7) is 2.96. The fourth-order valence-corrected chi connectivity index (χ4v) is 4.98. The van der Waals surface area contributed by atoms with Crippen LogP contribution in [0.3, 0.4) is 0 Å². The van der Waals surface area contributed by atoms with E-state index in [0.29, 0.717) is 24.2 Å². The Morgan fingerprint density at radius 1 is 1.22 bits per heavy atom. The molecule has 2 bridgehead atoms. The zero-order valence-electron chi connectivity index (χ0n) is 17.8. The predicted octanol–water partition coefficient (Wildman–Crippen LogP) is 2.69. The van der Waals surface area contributed by atoms with Gasteiger partial charge in [0.15, 0.2) is 0 Å². The highest BCUT2D eigenvalue weighted by molar-refractivity contribution is 5.79. The van der Waals surface area contributed by atoms with Crippen LogP contribution in [-0.4, -0.2) is 44.9 Å². The Labute approximate surface area is 186 Å². The number of nitrogens with zero attached hydrogens (tertiary/aromatic N) is 4. The molecular formula is C24H27FN6O. The molecule has 8 heteroatoms. The van der Waals surface area contributed by atoms with Crippen LogP contribution in [0.25, 0.3) is 11.3 Å². The Hall–Kier alpha value is -3.26. The number of hydrogen-bond donors (Lipinski definition) is 2. The molecule has 166 valence electrons. The second kappa shape index (κ2) is 8.70. The van der Waals surface area contributed by atoms with E-state index in [1.54, 1.807) is 12.1 Å². The number of nitrogen functional groups attached to an aromatic ring is 1. The Morgan fingerprint density at radius 3 is 2.81 bits per heavy atom. The Morgan fingerprint density at radius 2 is 2.06 bits per heavy atom. The average Bonchev–Trinajstić information content (AvgIpc) is 3.27. The summed E-state index contributed by atoms with van der Waals surface area (Å²) < 4.78 is 15.0. The Bertz CT molecular complexity index is 1100. The van der Waals surface area contributed by atoms with Crippen molar-refractivity contribution in [2.45, 2.75) is 32.0 Å². The van der Waals surface area contributed by atoms with E-state index in [-0.39, 0.29) is 17.6 Å². The number of fused-ring (bicyclic) bond motifs is 3. The van der Waals surface area contributed by atoms with Crippen molar-refractivity contribution in [3.8, 4) is 11.3 Å². The molecule has 6 rings (SSSR count). The quantitative estimate of drug-likeness (QED) is 0.583. The van der Waals surface area contributed by atoms with Crippen molar-refractivity contribution in [3.05, 3.63) is 66.1 Å². The maximum atomic E-state index is 13.1. The fraction of sp³-hybridized carbons (Fsp3) is 0.375. The first-order valence-electron chi connectivity index (χ1n) is 11.1. The first kappa shape index (κ1) is 20.6. The van der Waals surface area contributed by atoms with Gasteiger partial charge in [-0.05, 0) is 55.1 Å². The van der Waals surface area contributed by atoms with E-state index in [0.717, 1.165) is 49.3 Å². The molecule has 1 unspecified atom stereocenters. The van der Waals surface area contributed by atoms with Crippen LogP contribution in [0, 0.1) is 17.7 Å². The van der Waals surface area contributed by atoms with E-state index in [9.17, 15) is 9.18 Å². The minimum Gasteiger partial charge on any atom is -0.399 e. The third-order valence-corrected chi connectivity index (χ3v) is 6.71. The van der Waals surface area contributed by atoms with Crippen molar-refractivity contribution in [3.63, 3.8) is 0 Å². The van der Waals surface area contributed by atoms with E-state index >= 15 is 0 Å². The van der Waals surface area contributed by atoms with Crippen molar-refractivity contribution >= 4 is 11.6 Å². The van der Waals surface area contributed by atoms with Crippen molar-refractivity contribution in [1.82, 2.24) is 25.2 Å². The van der Waals surface area contributed by atoms with Gasteiger partial charge in [-0.25, -0.2) is 4.39 Å². The highest BCUT2D eigenvalue weighted by atomic mass is 19.1. The molecular weight excluding hydrogens is 407 g/mol. The number of benzene rings is 2. The van der Waals surface area contributed by atoms with Crippen LogP contribution in [0.2, 0.25) is 0 Å². The molecule has 3 saturated heterocycles. The molecule has 3 aliphatic rings. The second-order valence-corrected chi connectivity index (χ2v) is 8.84. The van der Waals surface area contributed by atoms with Crippen LogP contribution in [0.15, 0.2) is 54.7 Å². The van der Waals surface area contributed by atoms with Crippen LogP contribution >= 0.6 is 0 Å². The first-order valence-corrected chi connectivity index (χ1v) is 11.1. The van der Waals surface area contributed by atoms with Crippen molar-refractivity contribution < 1.29 is 9.18 Å². The molecule has 0 radical (unpaired) electrons. The lowest BCUT2D eigenvalue weighted by molar-refractivity contribution is -0.133. The summed E-state index contributed by atoms with van der Waals surface area (Å²) in [4.78, 5) is 15.2. The number of carbonyl (C=O) groups excluding carboxylic acids is 1. The molecule has 7 nitrogen and oxygen atoms in total. The lowest BCUT2D eigenvalue weighted by Crippen LogP contribution is -2.57. The van der Waals surface area contributed by atoms with Gasteiger partial charge in [0.1, 0.15) is 11.5 Å². The SMILES string of the molecule is Nc1cccc(-c2cn(C[C@H]3C[C@@H]4CCN3C[C@@H]4C(=O)NCc3ccc(F)cc3)nn2)c1. The number of halogens is 1. The van der Waals surface area contributed by atoms with Gasteiger partial charge in [-0.2, -0.15) is 0 Å². The summed E-state index contributed by atoms with van der Waals surface area (Å²) in [6, 6.07) is 14.2. The topological polar surface area (TPSA) is 89.1 Å². The zero-order chi connectivity index (χ0) is 22.1. The van der Waals surface area contributed by atoms with Gasteiger partial charge in [-0.15, -0.1) is 5.10 Å². The molecule has 4 heterocycles. The highest BCUT2D eigenvalue weighted by Crippen LogP contribution is 2.37. The van der Waals surface area contributed by atoms with Gasteiger partial charge in [0.25, 0.3) is 0 Å². The number of amides is 1. The molecule has 32 heavy (non-hydrogen) atoms. The maximum Gasteiger partial charge on any atom is 0.224 e. The van der Waals surface area contributed by atoms with E-state index in [2.05, 4.69) is 20.5 Å². The third-order valence-electron chi connectivity index (χ3n) is 6.71. The molecule has 1 amide bonds. The van der Waals surface area contributed by atoms with Crippen molar-refractivity contribution in [2.75, 3.05) is 18.8 Å². The largest absolute Gasteiger partial charge is 0.399 e. The standard InChI is InChI=1S/C24H27FN6O/c25-19-6-4-16(5-7-19)12-27-24(32)22-14-30-9-8-17(22)11-21(30)13-31-15-23(28-29-31)18-2-1-3-20(26)10-18/h1-7,10,15,17,21-22H,8-9,11-14,26H2,(H,27,32)/t17-,21+,22-/m0/s1. The van der Waals surface area contributed by atoms with Gasteiger partial charge < -0.3 is 11.1 Å². The van der Waals surface area contributed by atoms with Gasteiger partial charge in [0.05, 0.1) is 18.7 Å². The zero-order valence-corrected chi connectivity index (χ0v) is 17.8. The van der Waals surface area contributed by atoms with Crippen LogP contribution in [0.1, 0.15) is 18.4 Å². The number of anilines is 1. The van der Waals surface area contributed by atoms with Crippen LogP contribution in [0.4, 0.5) is 10.1 Å². The van der Waals surface area contributed by atoms with E-state index < -0.39 is 0 Å². The number of aromatic nitrogens is 3. The van der Waals surface area contributed by atoms with Crippen LogP contribution < -0.4 is 11.1 Å². The lowest BCUT2D eigenvalue weighted by Gasteiger charge is -2.49. The number of hydrogen-bond acceptors (Lipinski definition) is 5. The van der Waals surface area contributed by atoms with Gasteiger partial charge in [-0.1, -0.05) is 29.5 Å². The summed E-state index contributed by atoms with van der Waals surface area (Å²) in [5, 5.41) is 11.7. The molecule has 3 aliphatic heterocycles. The predicted molar refractivity (Wildman–Crippen MR) is 120 cm³/mol. The minimum absolute atomic E-state index is 0.000880. The molecule has 0 spiro atoms. The van der Waals surface area contributed by atoms with Gasteiger partial charge in [0, 0.05) is 30.4 Å². The number of nitrogens with two attached hydrogens (primary N) is 1. The van der Waals surface area contributed by atoms with Gasteiger partial charge >= 0.3 is 0 Å². The summed E-state index contributed by atoms with van der Waals surface area (Å²) in [5.74, 6) is 0.192. The summed E-state index contributed by atoms with van der Waals surface area (Å²) in [6.07, 6.45) is 3.98. The van der Waals surface area contributed by atoms with Gasteiger partial charge in [0.2, 0.25) is 5.91 Å². The molecule has 3 N–H and O–H groups in total. The molecule has 2 aromatic carbocycles. The molecule has 0 saturated carbocycles. The Balaban J connectivity index is 1.18. The first-order chi connectivity index (χ1) is 15.5. The molecule has 1 aromatic heterocycles. The number of nitrogens with one attached hydrogen (secondary N) is 1. The highest BCUT2D eigenvalue weighted by Gasteiger charge is 2.43. The van der Waals surface area contributed by atoms with Crippen molar-refractivity contribution in [2.24, 2.45) is 11.8 Å². The Kier molecular flexibility index (Phi) is 5.61. The maximum absolute atomic E-state index is 13.1. The molecule has 0 aliphatic carbocycles. The molecule has 3 aromatic rings.